The lowest BCUT2D eigenvalue weighted by Crippen LogP contribution is -2.33. The van der Waals surface area contributed by atoms with Crippen molar-refractivity contribution in [2.45, 2.75) is 6.42 Å². The molecule has 21 heavy (non-hydrogen) atoms. The zero-order chi connectivity index (χ0) is 15.8. The Balaban J connectivity index is 2.66. The van der Waals surface area contributed by atoms with Gasteiger partial charge in [-0.25, -0.2) is 0 Å². The van der Waals surface area contributed by atoms with Crippen molar-refractivity contribution < 1.29 is 19.0 Å². The van der Waals surface area contributed by atoms with E-state index in [1.54, 1.807) is 25.2 Å². The second kappa shape index (κ2) is 8.31. The Morgan fingerprint density at radius 3 is 2.33 bits per heavy atom. The molecule has 0 radical (unpaired) electrons. The number of para-hydroxylation sites is 1. The fourth-order valence-corrected chi connectivity index (χ4v) is 1.70. The molecule has 1 rings (SSSR count). The van der Waals surface area contributed by atoms with Crippen LogP contribution in [-0.4, -0.2) is 50.2 Å². The first kappa shape index (κ1) is 17.0. The molecule has 1 aromatic rings. The van der Waals surface area contributed by atoms with Gasteiger partial charge >= 0.3 is 0 Å². The quantitative estimate of drug-likeness (QED) is 0.728. The predicted molar refractivity (Wildman–Crippen MR) is 84.1 cm³/mol. The van der Waals surface area contributed by atoms with Crippen LogP contribution in [0.2, 0.25) is 0 Å². The lowest BCUT2D eigenvalue weighted by molar-refractivity contribution is -0.131. The molecule has 0 fully saturated rings. The minimum Gasteiger partial charge on any atom is -0.493 e. The van der Waals surface area contributed by atoms with Crippen LogP contribution >= 0.6 is 12.2 Å². The largest absolute Gasteiger partial charge is 0.493 e. The summed E-state index contributed by atoms with van der Waals surface area (Å²) < 4.78 is 15.9. The van der Waals surface area contributed by atoms with Gasteiger partial charge in [-0.15, -0.1) is 0 Å². The Hall–Kier alpha value is -2.02. The molecule has 0 unspecified atom stereocenters. The number of amides is 1. The van der Waals surface area contributed by atoms with Gasteiger partial charge in [0.2, 0.25) is 5.75 Å². The van der Waals surface area contributed by atoms with Crippen molar-refractivity contribution in [1.29, 1.82) is 0 Å². The van der Waals surface area contributed by atoms with Crippen LogP contribution in [0.5, 0.6) is 17.2 Å². The minimum atomic E-state index is -0.181. The zero-order valence-corrected chi connectivity index (χ0v) is 13.2. The molecule has 2 N–H and O–H groups in total. The predicted octanol–water partition coefficient (Wildman–Crippen LogP) is 1.22. The number of hydrogen-bond donors (Lipinski definition) is 1. The number of thiocarbonyl (C=S) groups is 1. The third kappa shape index (κ3) is 5.11. The molecule has 0 atom stereocenters. The van der Waals surface area contributed by atoms with Crippen LogP contribution in [0.25, 0.3) is 0 Å². The molecule has 0 saturated carbocycles. The molecular formula is C14H20N2O4S. The number of nitrogens with two attached hydrogens (primary N) is 1. The molecule has 0 aliphatic heterocycles. The van der Waals surface area contributed by atoms with Gasteiger partial charge in [0.15, 0.2) is 18.1 Å². The fourth-order valence-electron chi connectivity index (χ4n) is 1.61. The fraction of sp³-hybridized carbons (Fsp3) is 0.429. The van der Waals surface area contributed by atoms with Crippen LogP contribution in [0.4, 0.5) is 0 Å². The molecule has 116 valence electrons. The molecule has 0 bridgehead atoms. The zero-order valence-electron chi connectivity index (χ0n) is 12.4. The molecule has 0 saturated heterocycles. The Morgan fingerprint density at radius 1 is 1.29 bits per heavy atom. The first-order valence-electron chi connectivity index (χ1n) is 6.35. The lowest BCUT2D eigenvalue weighted by Gasteiger charge is -2.18. The smallest absolute Gasteiger partial charge is 0.260 e. The number of nitrogens with zero attached hydrogens (tertiary/aromatic N) is 1. The van der Waals surface area contributed by atoms with Gasteiger partial charge in [0.05, 0.1) is 19.2 Å². The summed E-state index contributed by atoms with van der Waals surface area (Å²) in [6.45, 7) is 0.338. The van der Waals surface area contributed by atoms with Crippen LogP contribution in [-0.2, 0) is 4.79 Å². The second-order valence-electron chi connectivity index (χ2n) is 4.31. The molecule has 6 nitrogen and oxygen atoms in total. The van der Waals surface area contributed by atoms with Gasteiger partial charge in [0.1, 0.15) is 0 Å². The first-order chi connectivity index (χ1) is 9.99. The van der Waals surface area contributed by atoms with Crippen LogP contribution in [0, 0.1) is 0 Å². The maximum atomic E-state index is 12.0. The van der Waals surface area contributed by atoms with Gasteiger partial charge in [-0.1, -0.05) is 18.3 Å². The number of carbonyl (C=O) groups excluding carboxylic acids is 1. The summed E-state index contributed by atoms with van der Waals surface area (Å²) in [5.41, 5.74) is 5.41. The SMILES string of the molecule is COc1cccc(OC)c1OCC(=O)N(C)CCC(N)=S. The number of carbonyl (C=O) groups is 1. The van der Waals surface area contributed by atoms with Gasteiger partial charge in [-0.2, -0.15) is 0 Å². The maximum absolute atomic E-state index is 12.0. The second-order valence-corrected chi connectivity index (χ2v) is 4.84. The van der Waals surface area contributed by atoms with Gasteiger partial charge < -0.3 is 24.8 Å². The van der Waals surface area contributed by atoms with Crippen molar-refractivity contribution in [2.75, 3.05) is 34.4 Å². The summed E-state index contributed by atoms with van der Waals surface area (Å²) in [5, 5.41) is 0. The molecule has 0 aliphatic carbocycles. The van der Waals surface area contributed by atoms with Gasteiger partial charge in [0.25, 0.3) is 5.91 Å². The maximum Gasteiger partial charge on any atom is 0.260 e. The van der Waals surface area contributed by atoms with Crippen molar-refractivity contribution >= 4 is 23.1 Å². The van der Waals surface area contributed by atoms with E-state index >= 15 is 0 Å². The standard InChI is InChI=1S/C14H20N2O4S/c1-16(8-7-12(15)21)13(17)9-20-14-10(18-2)5-4-6-11(14)19-3/h4-6H,7-9H2,1-3H3,(H2,15,21). The van der Waals surface area contributed by atoms with E-state index in [0.29, 0.717) is 35.2 Å². The first-order valence-corrected chi connectivity index (χ1v) is 6.76. The summed E-state index contributed by atoms with van der Waals surface area (Å²) in [6.07, 6.45) is 0.482. The summed E-state index contributed by atoms with van der Waals surface area (Å²) in [5.74, 6) is 1.23. The van der Waals surface area contributed by atoms with Crippen molar-refractivity contribution in [3.63, 3.8) is 0 Å². The Bertz CT molecular complexity index is 485. The molecule has 0 spiro atoms. The van der Waals surface area contributed by atoms with Gasteiger partial charge in [0, 0.05) is 20.0 Å². The van der Waals surface area contributed by atoms with E-state index in [4.69, 9.17) is 32.2 Å². The Kier molecular flexibility index (Phi) is 6.74. The van der Waals surface area contributed by atoms with Crippen molar-refractivity contribution in [3.8, 4) is 17.2 Å². The average molecular weight is 312 g/mol. The van der Waals surface area contributed by atoms with Crippen LogP contribution in [0.1, 0.15) is 6.42 Å². The van der Waals surface area contributed by atoms with E-state index < -0.39 is 0 Å². The Labute approximate surface area is 129 Å². The summed E-state index contributed by atoms with van der Waals surface area (Å²) in [6, 6.07) is 5.25. The number of hydrogen-bond acceptors (Lipinski definition) is 5. The van der Waals surface area contributed by atoms with E-state index in [9.17, 15) is 4.79 Å². The minimum absolute atomic E-state index is 0.120. The number of benzene rings is 1. The van der Waals surface area contributed by atoms with E-state index in [-0.39, 0.29) is 12.5 Å². The molecule has 1 aromatic carbocycles. The number of methoxy groups -OCH3 is 2. The van der Waals surface area contributed by atoms with Gasteiger partial charge in [-0.05, 0) is 12.1 Å². The molecule has 7 heteroatoms. The third-order valence-corrected chi connectivity index (χ3v) is 3.05. The highest BCUT2D eigenvalue weighted by molar-refractivity contribution is 7.80. The van der Waals surface area contributed by atoms with E-state index in [1.807, 2.05) is 0 Å². The topological polar surface area (TPSA) is 74.0 Å². The van der Waals surface area contributed by atoms with E-state index in [1.165, 1.54) is 19.1 Å². The van der Waals surface area contributed by atoms with Gasteiger partial charge in [-0.3, -0.25) is 4.79 Å². The molecule has 0 aliphatic rings. The molecule has 1 amide bonds. The third-order valence-electron chi connectivity index (χ3n) is 2.84. The Morgan fingerprint density at radius 2 is 1.86 bits per heavy atom. The number of ether oxygens (including phenoxy) is 3. The van der Waals surface area contributed by atoms with Crippen molar-refractivity contribution in [3.05, 3.63) is 18.2 Å². The van der Waals surface area contributed by atoms with Crippen LogP contribution in [0.15, 0.2) is 18.2 Å². The van der Waals surface area contributed by atoms with Crippen LogP contribution < -0.4 is 19.9 Å². The molecular weight excluding hydrogens is 292 g/mol. The highest BCUT2D eigenvalue weighted by atomic mass is 32.1. The normalized spacial score (nSPS) is 9.86. The summed E-state index contributed by atoms with van der Waals surface area (Å²) in [7, 11) is 4.72. The number of rotatable bonds is 8. The summed E-state index contributed by atoms with van der Waals surface area (Å²) in [4.78, 5) is 13.9. The lowest BCUT2D eigenvalue weighted by atomic mass is 10.3. The highest BCUT2D eigenvalue weighted by Crippen LogP contribution is 2.36. The van der Waals surface area contributed by atoms with Crippen molar-refractivity contribution in [1.82, 2.24) is 4.90 Å². The number of likely N-dealkylation sites (N-methyl/N-ethyl adjacent to an activating group) is 1. The monoisotopic (exact) mass is 312 g/mol. The molecule has 0 aromatic heterocycles. The summed E-state index contributed by atoms with van der Waals surface area (Å²) >= 11 is 4.78. The van der Waals surface area contributed by atoms with E-state index in [2.05, 4.69) is 0 Å². The highest BCUT2D eigenvalue weighted by Gasteiger charge is 2.15. The molecule has 0 heterocycles. The van der Waals surface area contributed by atoms with Crippen molar-refractivity contribution in [2.24, 2.45) is 5.73 Å². The average Bonchev–Trinajstić information content (AvgIpc) is 2.49. The van der Waals surface area contributed by atoms with E-state index in [0.717, 1.165) is 0 Å². The van der Waals surface area contributed by atoms with Crippen LogP contribution in [0.3, 0.4) is 0 Å².